The molecule has 112 valence electrons. The highest BCUT2D eigenvalue weighted by Gasteiger charge is 2.37. The van der Waals surface area contributed by atoms with Crippen LogP contribution in [-0.2, 0) is 4.74 Å². The summed E-state index contributed by atoms with van der Waals surface area (Å²) in [5.74, 6) is 0.755. The molecule has 0 spiro atoms. The molecule has 2 unspecified atom stereocenters. The molecule has 0 radical (unpaired) electrons. The van der Waals surface area contributed by atoms with Crippen LogP contribution in [0.25, 0.3) is 0 Å². The van der Waals surface area contributed by atoms with Crippen molar-refractivity contribution >= 4 is 0 Å². The van der Waals surface area contributed by atoms with Crippen molar-refractivity contribution < 1.29 is 4.74 Å². The molecule has 0 saturated carbocycles. The normalized spacial score (nSPS) is 31.9. The molecule has 2 aliphatic rings. The molecule has 2 rings (SSSR count). The smallest absolute Gasteiger partial charge is 0.0593 e. The van der Waals surface area contributed by atoms with Crippen LogP contribution < -0.4 is 5.32 Å². The third kappa shape index (κ3) is 4.44. The van der Waals surface area contributed by atoms with E-state index in [1.165, 1.54) is 38.5 Å². The Hall–Kier alpha value is -0.120. The van der Waals surface area contributed by atoms with E-state index in [0.717, 1.165) is 43.8 Å². The number of piperidine rings is 2. The van der Waals surface area contributed by atoms with E-state index < -0.39 is 0 Å². The highest BCUT2D eigenvalue weighted by Crippen LogP contribution is 2.33. The lowest BCUT2D eigenvalue weighted by Gasteiger charge is -2.49. The third-order valence-corrected chi connectivity index (χ3v) is 4.87. The Bertz CT molecular complexity index is 243. The maximum Gasteiger partial charge on any atom is 0.0593 e. The predicted octanol–water partition coefficient (Wildman–Crippen LogP) is 2.65. The first-order valence-electron chi connectivity index (χ1n) is 8.21. The number of ether oxygens (including phenoxy) is 1. The van der Waals surface area contributed by atoms with E-state index in [2.05, 4.69) is 31.1 Å². The minimum atomic E-state index is 0.744. The molecule has 0 aromatic rings. The minimum Gasteiger partial charge on any atom is -0.380 e. The van der Waals surface area contributed by atoms with Gasteiger partial charge in [-0.25, -0.2) is 0 Å². The topological polar surface area (TPSA) is 24.5 Å². The van der Waals surface area contributed by atoms with Gasteiger partial charge in [0.25, 0.3) is 0 Å². The Morgan fingerprint density at radius 3 is 2.42 bits per heavy atom. The van der Waals surface area contributed by atoms with Gasteiger partial charge in [0.15, 0.2) is 0 Å². The molecule has 0 aliphatic carbocycles. The van der Waals surface area contributed by atoms with Crippen molar-refractivity contribution in [2.75, 3.05) is 26.8 Å². The Balaban J connectivity index is 1.71. The molecule has 0 amide bonds. The van der Waals surface area contributed by atoms with E-state index in [-0.39, 0.29) is 0 Å². The molecule has 3 heteroatoms. The molecule has 0 aromatic carbocycles. The Morgan fingerprint density at radius 1 is 1.16 bits per heavy atom. The van der Waals surface area contributed by atoms with Gasteiger partial charge in [-0.05, 0) is 45.1 Å². The Morgan fingerprint density at radius 2 is 1.84 bits per heavy atom. The first-order chi connectivity index (χ1) is 9.20. The van der Waals surface area contributed by atoms with Crippen molar-refractivity contribution in [1.29, 1.82) is 0 Å². The maximum atomic E-state index is 5.81. The summed E-state index contributed by atoms with van der Waals surface area (Å²) in [7, 11) is 2.12. The predicted molar refractivity (Wildman–Crippen MR) is 80.5 cm³/mol. The van der Waals surface area contributed by atoms with Gasteiger partial charge in [0.05, 0.1) is 6.61 Å². The molecule has 3 nitrogen and oxygen atoms in total. The van der Waals surface area contributed by atoms with Crippen LogP contribution in [0.1, 0.15) is 52.4 Å². The van der Waals surface area contributed by atoms with E-state index in [1.807, 2.05) is 0 Å². The molecule has 0 aromatic heterocycles. The lowest BCUT2D eigenvalue weighted by Crippen LogP contribution is -2.56. The van der Waals surface area contributed by atoms with Gasteiger partial charge < -0.3 is 10.1 Å². The number of hydrogen-bond donors (Lipinski definition) is 1. The van der Waals surface area contributed by atoms with Crippen LogP contribution in [0.15, 0.2) is 0 Å². The second-order valence-electron chi connectivity index (χ2n) is 6.73. The van der Waals surface area contributed by atoms with Crippen LogP contribution >= 0.6 is 0 Å². The quantitative estimate of drug-likeness (QED) is 0.718. The summed E-state index contributed by atoms with van der Waals surface area (Å²) in [6.45, 7) is 7.51. The molecule has 2 atom stereocenters. The van der Waals surface area contributed by atoms with Crippen molar-refractivity contribution in [3.05, 3.63) is 0 Å². The van der Waals surface area contributed by atoms with Gasteiger partial charge in [-0.2, -0.15) is 0 Å². The lowest BCUT2D eigenvalue weighted by atomic mass is 9.82. The van der Waals surface area contributed by atoms with Crippen LogP contribution in [0.3, 0.4) is 0 Å². The van der Waals surface area contributed by atoms with E-state index in [9.17, 15) is 0 Å². The largest absolute Gasteiger partial charge is 0.380 e. The fourth-order valence-corrected chi connectivity index (χ4v) is 3.67. The molecule has 1 N–H and O–H groups in total. The monoisotopic (exact) mass is 268 g/mol. The van der Waals surface area contributed by atoms with Gasteiger partial charge >= 0.3 is 0 Å². The van der Waals surface area contributed by atoms with E-state index in [0.29, 0.717) is 0 Å². The van der Waals surface area contributed by atoms with Gasteiger partial charge in [0.2, 0.25) is 0 Å². The van der Waals surface area contributed by atoms with Gasteiger partial charge in [-0.3, -0.25) is 4.90 Å². The van der Waals surface area contributed by atoms with Crippen molar-refractivity contribution in [2.24, 2.45) is 5.92 Å². The zero-order valence-electron chi connectivity index (χ0n) is 13.0. The molecule has 2 bridgehead atoms. The van der Waals surface area contributed by atoms with Gasteiger partial charge in [0.1, 0.15) is 0 Å². The standard InChI is InChI=1S/C16H32N2O/c1-13(2)7-9-19-10-8-18-15-5-4-6-16(18)12-14(11-15)17-3/h13-17H,4-12H2,1-3H3. The summed E-state index contributed by atoms with van der Waals surface area (Å²) in [5.41, 5.74) is 0. The first-order valence-corrected chi connectivity index (χ1v) is 8.21. The summed E-state index contributed by atoms with van der Waals surface area (Å²) in [5, 5.41) is 3.48. The van der Waals surface area contributed by atoms with Crippen molar-refractivity contribution in [1.82, 2.24) is 10.2 Å². The highest BCUT2D eigenvalue weighted by atomic mass is 16.5. The summed E-state index contributed by atoms with van der Waals surface area (Å²) in [6.07, 6.45) is 8.06. The van der Waals surface area contributed by atoms with Crippen LogP contribution in [0, 0.1) is 5.92 Å². The van der Waals surface area contributed by atoms with Gasteiger partial charge in [-0.1, -0.05) is 20.3 Å². The van der Waals surface area contributed by atoms with Crippen LogP contribution in [0.4, 0.5) is 0 Å². The van der Waals surface area contributed by atoms with Crippen LogP contribution in [0.2, 0.25) is 0 Å². The number of hydrogen-bond acceptors (Lipinski definition) is 3. The molecule has 2 saturated heterocycles. The van der Waals surface area contributed by atoms with E-state index in [1.54, 1.807) is 0 Å². The maximum absolute atomic E-state index is 5.81. The van der Waals surface area contributed by atoms with Crippen molar-refractivity contribution in [3.63, 3.8) is 0 Å². The average Bonchev–Trinajstić information content (AvgIpc) is 2.37. The molecule has 2 fully saturated rings. The summed E-state index contributed by atoms with van der Waals surface area (Å²) < 4.78 is 5.81. The van der Waals surface area contributed by atoms with Crippen molar-refractivity contribution in [2.45, 2.75) is 70.5 Å². The number of fused-ring (bicyclic) bond motifs is 2. The fourth-order valence-electron chi connectivity index (χ4n) is 3.67. The lowest BCUT2D eigenvalue weighted by molar-refractivity contribution is -0.000710. The Kier molecular flexibility index (Phi) is 6.11. The minimum absolute atomic E-state index is 0.744. The summed E-state index contributed by atoms with van der Waals surface area (Å²) >= 11 is 0. The Labute approximate surface area is 119 Å². The third-order valence-electron chi connectivity index (χ3n) is 4.87. The van der Waals surface area contributed by atoms with Crippen LogP contribution in [0.5, 0.6) is 0 Å². The molecular weight excluding hydrogens is 236 g/mol. The first kappa shape index (κ1) is 15.3. The second-order valence-corrected chi connectivity index (χ2v) is 6.73. The summed E-state index contributed by atoms with van der Waals surface area (Å²) in [4.78, 5) is 2.74. The number of nitrogens with zero attached hydrogens (tertiary/aromatic N) is 1. The highest BCUT2D eigenvalue weighted by molar-refractivity contribution is 4.94. The molecule has 19 heavy (non-hydrogen) atoms. The number of rotatable bonds is 7. The molecule has 2 heterocycles. The fraction of sp³-hybridized carbons (Fsp3) is 1.00. The molecular formula is C16H32N2O. The van der Waals surface area contributed by atoms with Gasteiger partial charge in [0, 0.05) is 31.3 Å². The number of nitrogens with one attached hydrogen (secondary N) is 1. The summed E-state index contributed by atoms with van der Waals surface area (Å²) in [6, 6.07) is 2.35. The zero-order valence-corrected chi connectivity index (χ0v) is 13.0. The van der Waals surface area contributed by atoms with E-state index in [4.69, 9.17) is 4.74 Å². The van der Waals surface area contributed by atoms with E-state index >= 15 is 0 Å². The second kappa shape index (κ2) is 7.61. The zero-order chi connectivity index (χ0) is 13.7. The van der Waals surface area contributed by atoms with Crippen molar-refractivity contribution in [3.8, 4) is 0 Å². The average molecular weight is 268 g/mol. The SMILES string of the molecule is CNC1CC2CCCC(C1)N2CCOCCC(C)C. The van der Waals surface area contributed by atoms with Crippen LogP contribution in [-0.4, -0.2) is 49.8 Å². The molecule has 2 aliphatic heterocycles. The van der Waals surface area contributed by atoms with Gasteiger partial charge in [-0.15, -0.1) is 0 Å².